The molecule has 0 fully saturated rings. The molecule has 4 heteroatoms. The van der Waals surface area contributed by atoms with Gasteiger partial charge in [0.1, 0.15) is 11.5 Å². The van der Waals surface area contributed by atoms with E-state index in [1.807, 2.05) is 49.3 Å². The van der Waals surface area contributed by atoms with Crippen molar-refractivity contribution in [2.45, 2.75) is 39.7 Å². The lowest BCUT2D eigenvalue weighted by Crippen LogP contribution is -2.34. The molecule has 4 nitrogen and oxygen atoms in total. The number of aromatic nitrogens is 1. The number of rotatable bonds is 6. The van der Waals surface area contributed by atoms with Gasteiger partial charge in [-0.2, -0.15) is 0 Å². The predicted molar refractivity (Wildman–Crippen MR) is 86.4 cm³/mol. The van der Waals surface area contributed by atoms with Crippen LogP contribution in [0, 0.1) is 12.8 Å². The monoisotopic (exact) mass is 300 g/mol. The summed E-state index contributed by atoms with van der Waals surface area (Å²) in [5.41, 5.74) is 1.07. The lowest BCUT2D eigenvalue weighted by Gasteiger charge is -2.31. The third-order valence-electron chi connectivity index (χ3n) is 3.85. The number of hydrogen-bond donors (Lipinski definition) is 0. The average molecular weight is 300 g/mol. The number of amides is 1. The van der Waals surface area contributed by atoms with Crippen LogP contribution in [-0.2, 0) is 11.2 Å². The molecule has 2 rings (SSSR count). The zero-order valence-corrected chi connectivity index (χ0v) is 13.7. The summed E-state index contributed by atoms with van der Waals surface area (Å²) in [7, 11) is 1.87. The van der Waals surface area contributed by atoms with Crippen molar-refractivity contribution < 1.29 is 9.21 Å². The minimum atomic E-state index is 0.0412. The zero-order chi connectivity index (χ0) is 16.1. The van der Waals surface area contributed by atoms with Crippen molar-refractivity contribution in [2.75, 3.05) is 7.05 Å². The molecule has 0 N–H and O–H groups in total. The molecule has 1 atom stereocenters. The first kappa shape index (κ1) is 16.3. The SMILES string of the molecule is Cc1ccc(CCC(=O)N(C)[C@H](c2cccnc2)C(C)C)o1. The summed E-state index contributed by atoms with van der Waals surface area (Å²) >= 11 is 0. The van der Waals surface area contributed by atoms with Gasteiger partial charge in [-0.3, -0.25) is 9.78 Å². The highest BCUT2D eigenvalue weighted by Crippen LogP contribution is 2.27. The summed E-state index contributed by atoms with van der Waals surface area (Å²) in [5, 5.41) is 0. The molecule has 0 unspecified atom stereocenters. The van der Waals surface area contributed by atoms with E-state index in [9.17, 15) is 4.79 Å². The lowest BCUT2D eigenvalue weighted by molar-refractivity contribution is -0.133. The highest BCUT2D eigenvalue weighted by molar-refractivity contribution is 5.76. The van der Waals surface area contributed by atoms with Crippen LogP contribution in [0.4, 0.5) is 0 Å². The van der Waals surface area contributed by atoms with Crippen molar-refractivity contribution in [1.29, 1.82) is 0 Å². The molecule has 0 saturated heterocycles. The number of furan rings is 1. The van der Waals surface area contributed by atoms with Gasteiger partial charge in [-0.1, -0.05) is 19.9 Å². The van der Waals surface area contributed by atoms with Crippen LogP contribution in [0.5, 0.6) is 0 Å². The standard InChI is InChI=1S/C18H24N2O2/c1-13(2)18(15-6-5-11-19-12-15)20(4)17(21)10-9-16-8-7-14(3)22-16/h5-8,11-13,18H,9-10H2,1-4H3/t18-/m0/s1. The molecule has 0 aromatic carbocycles. The second kappa shape index (κ2) is 7.25. The fourth-order valence-corrected chi connectivity index (χ4v) is 2.79. The van der Waals surface area contributed by atoms with Crippen LogP contribution in [-0.4, -0.2) is 22.8 Å². The van der Waals surface area contributed by atoms with Crippen LogP contribution >= 0.6 is 0 Å². The smallest absolute Gasteiger partial charge is 0.223 e. The Hall–Kier alpha value is -2.10. The molecule has 2 aromatic rings. The quantitative estimate of drug-likeness (QED) is 0.815. The Kier molecular flexibility index (Phi) is 5.36. The Labute approximate surface area is 132 Å². The van der Waals surface area contributed by atoms with Crippen LogP contribution < -0.4 is 0 Å². The molecule has 118 valence electrons. The summed E-state index contributed by atoms with van der Waals surface area (Å²) < 4.78 is 5.53. The summed E-state index contributed by atoms with van der Waals surface area (Å²) in [4.78, 5) is 18.5. The molecular weight excluding hydrogens is 276 g/mol. The zero-order valence-electron chi connectivity index (χ0n) is 13.7. The fourth-order valence-electron chi connectivity index (χ4n) is 2.79. The number of carbonyl (C=O) groups is 1. The van der Waals surface area contributed by atoms with Gasteiger partial charge in [0.15, 0.2) is 0 Å². The maximum Gasteiger partial charge on any atom is 0.223 e. The number of carbonyl (C=O) groups excluding carboxylic acids is 1. The minimum absolute atomic E-state index is 0.0412. The molecule has 0 aliphatic rings. The fraction of sp³-hybridized carbons (Fsp3) is 0.444. The largest absolute Gasteiger partial charge is 0.466 e. The van der Waals surface area contributed by atoms with E-state index in [1.54, 1.807) is 6.20 Å². The van der Waals surface area contributed by atoms with Gasteiger partial charge in [0.25, 0.3) is 0 Å². The molecular formula is C18H24N2O2. The van der Waals surface area contributed by atoms with Crippen LogP contribution in [0.2, 0.25) is 0 Å². The summed E-state index contributed by atoms with van der Waals surface area (Å²) in [6, 6.07) is 7.84. The van der Waals surface area contributed by atoms with Crippen molar-refractivity contribution in [2.24, 2.45) is 5.92 Å². The van der Waals surface area contributed by atoms with Crippen molar-refractivity contribution >= 4 is 5.91 Å². The van der Waals surface area contributed by atoms with Gasteiger partial charge in [-0.05, 0) is 36.6 Å². The molecule has 0 aliphatic carbocycles. The summed E-state index contributed by atoms with van der Waals surface area (Å²) in [6.45, 7) is 6.16. The Bertz CT molecular complexity index is 605. The normalized spacial score (nSPS) is 12.4. The first-order valence-electron chi connectivity index (χ1n) is 7.70. The molecule has 2 aromatic heterocycles. The molecule has 0 aliphatic heterocycles. The summed E-state index contributed by atoms with van der Waals surface area (Å²) in [6.07, 6.45) is 4.67. The summed E-state index contributed by atoms with van der Waals surface area (Å²) in [5.74, 6) is 2.19. The Morgan fingerprint density at radius 1 is 1.32 bits per heavy atom. The Morgan fingerprint density at radius 3 is 2.64 bits per heavy atom. The van der Waals surface area contributed by atoms with E-state index in [4.69, 9.17) is 4.42 Å². The highest BCUT2D eigenvalue weighted by atomic mass is 16.3. The van der Waals surface area contributed by atoms with Crippen molar-refractivity contribution in [3.8, 4) is 0 Å². The Balaban J connectivity index is 2.03. The van der Waals surface area contributed by atoms with E-state index in [0.717, 1.165) is 17.1 Å². The maximum absolute atomic E-state index is 12.5. The van der Waals surface area contributed by atoms with Gasteiger partial charge < -0.3 is 9.32 Å². The number of hydrogen-bond acceptors (Lipinski definition) is 3. The first-order valence-corrected chi connectivity index (χ1v) is 7.70. The average Bonchev–Trinajstić information content (AvgIpc) is 2.91. The molecule has 22 heavy (non-hydrogen) atoms. The Morgan fingerprint density at radius 2 is 2.09 bits per heavy atom. The highest BCUT2D eigenvalue weighted by Gasteiger charge is 2.24. The first-order chi connectivity index (χ1) is 10.5. The number of aryl methyl sites for hydroxylation is 2. The van der Waals surface area contributed by atoms with E-state index in [-0.39, 0.29) is 11.9 Å². The molecule has 2 heterocycles. The van der Waals surface area contributed by atoms with Gasteiger partial charge >= 0.3 is 0 Å². The molecule has 0 saturated carbocycles. The third kappa shape index (κ3) is 3.97. The van der Waals surface area contributed by atoms with E-state index in [2.05, 4.69) is 18.8 Å². The van der Waals surface area contributed by atoms with E-state index in [0.29, 0.717) is 18.8 Å². The third-order valence-corrected chi connectivity index (χ3v) is 3.85. The predicted octanol–water partition coefficient (Wildman–Crippen LogP) is 3.77. The number of nitrogens with zero attached hydrogens (tertiary/aromatic N) is 2. The van der Waals surface area contributed by atoms with Gasteiger partial charge in [-0.15, -0.1) is 0 Å². The van der Waals surface area contributed by atoms with Crippen LogP contribution in [0.1, 0.15) is 43.4 Å². The van der Waals surface area contributed by atoms with Gasteiger partial charge in [0.05, 0.1) is 6.04 Å². The molecule has 1 amide bonds. The van der Waals surface area contributed by atoms with E-state index < -0.39 is 0 Å². The lowest BCUT2D eigenvalue weighted by atomic mass is 9.95. The van der Waals surface area contributed by atoms with Crippen LogP contribution in [0.3, 0.4) is 0 Å². The molecule has 0 radical (unpaired) electrons. The molecule has 0 spiro atoms. The van der Waals surface area contributed by atoms with Crippen molar-refractivity contribution in [3.05, 3.63) is 53.7 Å². The maximum atomic E-state index is 12.5. The number of pyridine rings is 1. The van der Waals surface area contributed by atoms with Gasteiger partial charge in [-0.25, -0.2) is 0 Å². The van der Waals surface area contributed by atoms with Crippen LogP contribution in [0.15, 0.2) is 41.1 Å². The van der Waals surface area contributed by atoms with Gasteiger partial charge in [0, 0.05) is 32.3 Å². The second-order valence-electron chi connectivity index (χ2n) is 5.99. The van der Waals surface area contributed by atoms with Crippen LogP contribution in [0.25, 0.3) is 0 Å². The second-order valence-corrected chi connectivity index (χ2v) is 5.99. The molecule has 0 bridgehead atoms. The topological polar surface area (TPSA) is 46.3 Å². The van der Waals surface area contributed by atoms with Crippen molar-refractivity contribution in [1.82, 2.24) is 9.88 Å². The van der Waals surface area contributed by atoms with Crippen molar-refractivity contribution in [3.63, 3.8) is 0 Å². The van der Waals surface area contributed by atoms with Gasteiger partial charge in [0.2, 0.25) is 5.91 Å². The van der Waals surface area contributed by atoms with E-state index >= 15 is 0 Å². The minimum Gasteiger partial charge on any atom is -0.466 e. The van der Waals surface area contributed by atoms with E-state index in [1.165, 1.54) is 0 Å².